The predicted molar refractivity (Wildman–Crippen MR) is 82.4 cm³/mol. The number of aliphatic hydroxyl groups excluding tert-OH is 2. The maximum absolute atomic E-state index is 9.99. The van der Waals surface area contributed by atoms with Crippen LogP contribution in [0.2, 0.25) is 0 Å². The van der Waals surface area contributed by atoms with Gasteiger partial charge in [0.1, 0.15) is 5.75 Å². The van der Waals surface area contributed by atoms with Crippen LogP contribution in [-0.4, -0.2) is 29.5 Å². The van der Waals surface area contributed by atoms with E-state index in [1.807, 2.05) is 13.0 Å². The van der Waals surface area contributed by atoms with Crippen LogP contribution >= 0.6 is 0 Å². The van der Waals surface area contributed by atoms with Crippen LogP contribution in [0.1, 0.15) is 48.4 Å². The smallest absolute Gasteiger partial charge is 0.122 e. The lowest BCUT2D eigenvalue weighted by Gasteiger charge is -2.20. The standard InChI is InChI=1S/C17H28O3/c1-6-7-15(18)16(19)9-8-14-11(2)10-17(20-5)13(4)12(14)3/h10,15-16,18-19H,6-9H2,1-5H3. The zero-order valence-corrected chi connectivity index (χ0v) is 13.4. The van der Waals surface area contributed by atoms with E-state index in [1.54, 1.807) is 7.11 Å². The topological polar surface area (TPSA) is 49.7 Å². The molecule has 1 rings (SSSR count). The minimum absolute atomic E-state index is 0.592. The molecule has 0 saturated carbocycles. The minimum atomic E-state index is -0.642. The number of hydrogen-bond donors (Lipinski definition) is 2. The molecule has 0 bridgehead atoms. The maximum atomic E-state index is 9.99. The number of aliphatic hydroxyl groups is 2. The van der Waals surface area contributed by atoms with Gasteiger partial charge in [0.05, 0.1) is 19.3 Å². The average Bonchev–Trinajstić information content (AvgIpc) is 2.42. The van der Waals surface area contributed by atoms with Gasteiger partial charge < -0.3 is 14.9 Å². The number of hydrogen-bond acceptors (Lipinski definition) is 3. The zero-order chi connectivity index (χ0) is 15.3. The number of ether oxygens (including phenoxy) is 1. The molecular formula is C17H28O3. The van der Waals surface area contributed by atoms with Gasteiger partial charge in [-0.1, -0.05) is 13.3 Å². The van der Waals surface area contributed by atoms with Crippen molar-refractivity contribution in [2.45, 2.75) is 65.6 Å². The second-order valence-corrected chi connectivity index (χ2v) is 5.59. The molecule has 0 aliphatic carbocycles. The van der Waals surface area contributed by atoms with Crippen molar-refractivity contribution in [2.24, 2.45) is 0 Å². The molecule has 0 amide bonds. The van der Waals surface area contributed by atoms with Gasteiger partial charge >= 0.3 is 0 Å². The van der Waals surface area contributed by atoms with E-state index in [0.717, 1.165) is 24.2 Å². The van der Waals surface area contributed by atoms with E-state index < -0.39 is 12.2 Å². The molecule has 3 heteroatoms. The summed E-state index contributed by atoms with van der Waals surface area (Å²) in [4.78, 5) is 0. The third-order valence-electron chi connectivity index (χ3n) is 4.15. The molecule has 2 N–H and O–H groups in total. The number of aryl methyl sites for hydroxylation is 1. The van der Waals surface area contributed by atoms with Crippen molar-refractivity contribution in [3.05, 3.63) is 28.3 Å². The van der Waals surface area contributed by atoms with Crippen LogP contribution in [-0.2, 0) is 6.42 Å². The highest BCUT2D eigenvalue weighted by molar-refractivity contribution is 5.48. The molecule has 1 aromatic carbocycles. The summed E-state index contributed by atoms with van der Waals surface area (Å²) >= 11 is 0. The summed E-state index contributed by atoms with van der Waals surface area (Å²) in [6, 6.07) is 2.05. The van der Waals surface area contributed by atoms with Gasteiger partial charge in [-0.25, -0.2) is 0 Å². The lowest BCUT2D eigenvalue weighted by atomic mass is 9.92. The molecule has 114 valence electrons. The summed E-state index contributed by atoms with van der Waals surface area (Å²) in [5.41, 5.74) is 4.81. The molecule has 2 atom stereocenters. The Kier molecular flexibility index (Phi) is 6.50. The highest BCUT2D eigenvalue weighted by Gasteiger charge is 2.17. The van der Waals surface area contributed by atoms with Gasteiger partial charge in [0.25, 0.3) is 0 Å². The first kappa shape index (κ1) is 17.0. The Morgan fingerprint density at radius 2 is 1.65 bits per heavy atom. The predicted octanol–water partition coefficient (Wildman–Crippen LogP) is 3.07. The highest BCUT2D eigenvalue weighted by atomic mass is 16.5. The van der Waals surface area contributed by atoms with Crippen molar-refractivity contribution in [1.82, 2.24) is 0 Å². The molecule has 0 aliphatic rings. The highest BCUT2D eigenvalue weighted by Crippen LogP contribution is 2.28. The molecule has 20 heavy (non-hydrogen) atoms. The maximum Gasteiger partial charge on any atom is 0.122 e. The lowest BCUT2D eigenvalue weighted by Crippen LogP contribution is -2.26. The number of rotatable bonds is 7. The molecule has 0 fully saturated rings. The second-order valence-electron chi connectivity index (χ2n) is 5.59. The second kappa shape index (κ2) is 7.65. The van der Waals surface area contributed by atoms with E-state index in [-0.39, 0.29) is 0 Å². The van der Waals surface area contributed by atoms with Crippen LogP contribution in [0, 0.1) is 20.8 Å². The van der Waals surface area contributed by atoms with E-state index in [0.29, 0.717) is 12.8 Å². The van der Waals surface area contributed by atoms with Gasteiger partial charge in [-0.15, -0.1) is 0 Å². The van der Waals surface area contributed by atoms with Crippen LogP contribution < -0.4 is 4.74 Å². The van der Waals surface area contributed by atoms with Crippen LogP contribution in [0.25, 0.3) is 0 Å². The molecule has 2 unspecified atom stereocenters. The minimum Gasteiger partial charge on any atom is -0.496 e. The molecule has 0 aromatic heterocycles. The SMILES string of the molecule is CCCC(O)C(O)CCc1c(C)cc(OC)c(C)c1C. The largest absolute Gasteiger partial charge is 0.496 e. The Morgan fingerprint density at radius 3 is 2.20 bits per heavy atom. The summed E-state index contributed by atoms with van der Waals surface area (Å²) in [6.45, 7) is 8.23. The number of methoxy groups -OCH3 is 1. The Bertz CT molecular complexity index is 440. The van der Waals surface area contributed by atoms with Crippen LogP contribution in [0.15, 0.2) is 6.07 Å². The van der Waals surface area contributed by atoms with Gasteiger partial charge in [-0.2, -0.15) is 0 Å². The summed E-state index contributed by atoms with van der Waals surface area (Å²) < 4.78 is 5.37. The third-order valence-corrected chi connectivity index (χ3v) is 4.15. The summed E-state index contributed by atoms with van der Waals surface area (Å²) in [7, 11) is 1.69. The first-order valence-electron chi connectivity index (χ1n) is 7.42. The first-order valence-corrected chi connectivity index (χ1v) is 7.42. The van der Waals surface area contributed by atoms with Crippen LogP contribution in [0.4, 0.5) is 0 Å². The lowest BCUT2D eigenvalue weighted by molar-refractivity contribution is 0.00977. The summed E-state index contributed by atoms with van der Waals surface area (Å²) in [5, 5.41) is 19.8. The van der Waals surface area contributed by atoms with Crippen molar-refractivity contribution in [1.29, 1.82) is 0 Å². The number of benzene rings is 1. The average molecular weight is 280 g/mol. The molecule has 0 spiro atoms. The Morgan fingerprint density at radius 1 is 1.05 bits per heavy atom. The zero-order valence-electron chi connectivity index (χ0n) is 13.4. The molecule has 0 heterocycles. The van der Waals surface area contributed by atoms with Crippen molar-refractivity contribution < 1.29 is 14.9 Å². The Balaban J connectivity index is 2.81. The van der Waals surface area contributed by atoms with Gasteiger partial charge in [0.15, 0.2) is 0 Å². The first-order chi connectivity index (χ1) is 9.42. The van der Waals surface area contributed by atoms with E-state index in [1.165, 1.54) is 16.7 Å². The van der Waals surface area contributed by atoms with Crippen LogP contribution in [0.3, 0.4) is 0 Å². The van der Waals surface area contributed by atoms with Gasteiger partial charge in [-0.05, 0) is 68.4 Å². The van der Waals surface area contributed by atoms with Crippen LogP contribution in [0.5, 0.6) is 5.75 Å². The van der Waals surface area contributed by atoms with E-state index >= 15 is 0 Å². The van der Waals surface area contributed by atoms with Crippen molar-refractivity contribution >= 4 is 0 Å². The molecule has 3 nitrogen and oxygen atoms in total. The molecule has 0 aliphatic heterocycles. The summed E-state index contributed by atoms with van der Waals surface area (Å²) in [5.74, 6) is 0.912. The Labute approximate surface area is 122 Å². The van der Waals surface area contributed by atoms with Crippen molar-refractivity contribution in [3.8, 4) is 5.75 Å². The van der Waals surface area contributed by atoms with Crippen molar-refractivity contribution in [3.63, 3.8) is 0 Å². The van der Waals surface area contributed by atoms with Gasteiger partial charge in [-0.3, -0.25) is 0 Å². The molecule has 0 saturated heterocycles. The fraction of sp³-hybridized carbons (Fsp3) is 0.647. The normalized spacial score (nSPS) is 14.2. The van der Waals surface area contributed by atoms with Gasteiger partial charge in [0.2, 0.25) is 0 Å². The molecular weight excluding hydrogens is 252 g/mol. The van der Waals surface area contributed by atoms with Gasteiger partial charge in [0, 0.05) is 0 Å². The summed E-state index contributed by atoms with van der Waals surface area (Å²) in [6.07, 6.45) is 1.66. The monoisotopic (exact) mass is 280 g/mol. The third kappa shape index (κ3) is 3.97. The van der Waals surface area contributed by atoms with E-state index in [4.69, 9.17) is 4.74 Å². The molecule has 0 radical (unpaired) electrons. The molecule has 1 aromatic rings. The van der Waals surface area contributed by atoms with E-state index in [2.05, 4.69) is 20.8 Å². The quantitative estimate of drug-likeness (QED) is 0.807. The fourth-order valence-corrected chi connectivity index (χ4v) is 2.67. The van der Waals surface area contributed by atoms with E-state index in [9.17, 15) is 10.2 Å². The Hall–Kier alpha value is -1.06. The van der Waals surface area contributed by atoms with Crippen molar-refractivity contribution in [2.75, 3.05) is 7.11 Å². The fourth-order valence-electron chi connectivity index (χ4n) is 2.67.